The number of hydrogen-bond acceptors (Lipinski definition) is 6. The van der Waals surface area contributed by atoms with Crippen molar-refractivity contribution in [2.75, 3.05) is 13.1 Å². The van der Waals surface area contributed by atoms with Crippen LogP contribution in [0.1, 0.15) is 34.2 Å². The maximum absolute atomic E-state index is 13.8. The zero-order chi connectivity index (χ0) is 17.1. The van der Waals surface area contributed by atoms with E-state index in [4.69, 9.17) is 9.78 Å². The Kier molecular flexibility index (Phi) is 4.57. The summed E-state index contributed by atoms with van der Waals surface area (Å²) in [5.74, 6) is 0.666. The number of H-pyrrole nitrogens is 1. The van der Waals surface area contributed by atoms with Crippen LogP contribution in [0.5, 0.6) is 0 Å². The second-order valence-electron chi connectivity index (χ2n) is 5.77. The number of halogens is 1. The summed E-state index contributed by atoms with van der Waals surface area (Å²) in [6.45, 7) is 2.66. The van der Waals surface area contributed by atoms with Gasteiger partial charge in [-0.2, -0.15) is 10.2 Å². The van der Waals surface area contributed by atoms with Crippen molar-refractivity contribution < 1.29 is 13.7 Å². The lowest BCUT2D eigenvalue weighted by molar-refractivity contribution is 0.0939. The molecule has 0 saturated carbocycles. The van der Waals surface area contributed by atoms with Crippen LogP contribution in [0.15, 0.2) is 16.8 Å². The number of nitriles is 1. The van der Waals surface area contributed by atoms with Crippen molar-refractivity contribution in [1.29, 1.82) is 5.26 Å². The molecule has 1 aliphatic rings. The molecule has 1 saturated heterocycles. The Bertz CT molecular complexity index is 764. The number of nitrogens with zero attached hydrogens (tertiary/aromatic N) is 4. The molecule has 1 aliphatic heterocycles. The van der Waals surface area contributed by atoms with Crippen molar-refractivity contribution in [3.63, 3.8) is 0 Å². The van der Waals surface area contributed by atoms with Gasteiger partial charge in [-0.25, -0.2) is 4.39 Å². The highest BCUT2D eigenvalue weighted by Gasteiger charge is 2.33. The molecule has 3 rings (SSSR count). The number of aromatic nitrogens is 3. The van der Waals surface area contributed by atoms with Gasteiger partial charge in [0.15, 0.2) is 5.82 Å². The molecular formula is C15H17FN6O2. The first-order chi connectivity index (χ1) is 11.5. The third kappa shape index (κ3) is 3.60. The molecule has 2 atom stereocenters. The molecule has 0 aliphatic carbocycles. The highest BCUT2D eigenvalue weighted by Crippen LogP contribution is 2.21. The van der Waals surface area contributed by atoms with Crippen LogP contribution in [0.2, 0.25) is 0 Å². The van der Waals surface area contributed by atoms with Crippen molar-refractivity contribution in [2.45, 2.75) is 32.1 Å². The van der Waals surface area contributed by atoms with Crippen LogP contribution >= 0.6 is 0 Å². The molecule has 1 amide bonds. The largest absolute Gasteiger partial charge is 0.352 e. The van der Waals surface area contributed by atoms with Crippen LogP contribution in [0, 0.1) is 18.3 Å². The molecule has 0 radical (unpaired) electrons. The molecule has 0 aromatic carbocycles. The summed E-state index contributed by atoms with van der Waals surface area (Å²) >= 11 is 0. The second kappa shape index (κ2) is 6.80. The summed E-state index contributed by atoms with van der Waals surface area (Å²) in [6.07, 6.45) is 0.867. The van der Waals surface area contributed by atoms with E-state index in [1.807, 2.05) is 11.0 Å². The minimum Gasteiger partial charge on any atom is -0.352 e. The van der Waals surface area contributed by atoms with Crippen molar-refractivity contribution in [1.82, 2.24) is 25.3 Å². The monoisotopic (exact) mass is 332 g/mol. The third-order valence-corrected chi connectivity index (χ3v) is 3.95. The van der Waals surface area contributed by atoms with E-state index in [1.165, 1.54) is 12.3 Å². The van der Waals surface area contributed by atoms with Crippen LogP contribution in [-0.4, -0.2) is 51.2 Å². The summed E-state index contributed by atoms with van der Waals surface area (Å²) < 4.78 is 18.7. The molecule has 2 aromatic rings. The fraction of sp³-hybridized carbons (Fsp3) is 0.467. The van der Waals surface area contributed by atoms with Gasteiger partial charge in [0, 0.05) is 32.3 Å². The molecule has 0 bridgehead atoms. The Hall–Kier alpha value is -2.73. The molecule has 126 valence electrons. The quantitative estimate of drug-likeness (QED) is 0.842. The van der Waals surface area contributed by atoms with Crippen molar-refractivity contribution in [2.24, 2.45) is 0 Å². The van der Waals surface area contributed by atoms with Crippen LogP contribution < -0.4 is 5.32 Å². The number of nitrogens with one attached hydrogen (secondary N) is 2. The molecule has 2 N–H and O–H groups in total. The first-order valence-corrected chi connectivity index (χ1v) is 7.59. The van der Waals surface area contributed by atoms with E-state index >= 15 is 0 Å². The smallest absolute Gasteiger partial charge is 0.252 e. The van der Waals surface area contributed by atoms with Gasteiger partial charge in [0.1, 0.15) is 17.9 Å². The van der Waals surface area contributed by atoms with E-state index in [2.05, 4.69) is 20.4 Å². The number of likely N-dealkylation sites (tertiary alicyclic amines) is 1. The Morgan fingerprint density at radius 3 is 3.17 bits per heavy atom. The van der Waals surface area contributed by atoms with Gasteiger partial charge in [-0.15, -0.1) is 0 Å². The van der Waals surface area contributed by atoms with Gasteiger partial charge in [0.05, 0.1) is 12.1 Å². The standard InChI is InChI=1S/C15H17FN6O2/c1-9-20-14(21-24-9)8-22-7-11(16)3-13(22)6-19-15(23)10-2-12(4-17)18-5-10/h2,5,11,13,18H,3,6-8H2,1H3,(H,19,23)/t11-,13-/m0/s1. The van der Waals surface area contributed by atoms with E-state index in [0.717, 1.165) is 0 Å². The van der Waals surface area contributed by atoms with Crippen LogP contribution in [0.4, 0.5) is 4.39 Å². The number of amides is 1. The lowest BCUT2D eigenvalue weighted by atomic mass is 10.2. The minimum absolute atomic E-state index is 0.142. The minimum atomic E-state index is -0.947. The SMILES string of the molecule is Cc1nc(CN2C[C@@H](F)C[C@H]2CNC(=O)c2c[nH]c(C#N)c2)no1. The first-order valence-electron chi connectivity index (χ1n) is 7.59. The topological polar surface area (TPSA) is 111 Å². The highest BCUT2D eigenvalue weighted by atomic mass is 19.1. The predicted molar refractivity (Wildman–Crippen MR) is 80.6 cm³/mol. The van der Waals surface area contributed by atoms with E-state index in [1.54, 1.807) is 6.92 Å². The van der Waals surface area contributed by atoms with Crippen LogP contribution in [-0.2, 0) is 6.54 Å². The normalized spacial score (nSPS) is 20.9. The Labute approximate surface area is 137 Å². The summed E-state index contributed by atoms with van der Waals surface area (Å²) in [6, 6.07) is 3.26. The number of carbonyl (C=O) groups is 1. The maximum Gasteiger partial charge on any atom is 0.252 e. The average Bonchev–Trinajstić information content (AvgIpc) is 3.26. The fourth-order valence-electron chi connectivity index (χ4n) is 2.82. The van der Waals surface area contributed by atoms with Crippen LogP contribution in [0.25, 0.3) is 0 Å². The van der Waals surface area contributed by atoms with Crippen molar-refractivity contribution in [3.05, 3.63) is 35.2 Å². The summed E-state index contributed by atoms with van der Waals surface area (Å²) in [5, 5.41) is 15.4. The van der Waals surface area contributed by atoms with Gasteiger partial charge in [0.25, 0.3) is 5.91 Å². The van der Waals surface area contributed by atoms with Gasteiger partial charge >= 0.3 is 0 Å². The zero-order valence-electron chi connectivity index (χ0n) is 13.1. The average molecular weight is 332 g/mol. The maximum atomic E-state index is 13.8. The fourth-order valence-corrected chi connectivity index (χ4v) is 2.82. The van der Waals surface area contributed by atoms with Crippen molar-refractivity contribution in [3.8, 4) is 6.07 Å². The molecule has 2 aromatic heterocycles. The third-order valence-electron chi connectivity index (χ3n) is 3.95. The number of aryl methyl sites for hydroxylation is 1. The molecule has 3 heterocycles. The lowest BCUT2D eigenvalue weighted by Crippen LogP contribution is -2.40. The molecular weight excluding hydrogens is 315 g/mol. The first kappa shape index (κ1) is 16.1. The molecule has 0 spiro atoms. The number of hydrogen-bond donors (Lipinski definition) is 2. The molecule has 0 unspecified atom stereocenters. The summed E-state index contributed by atoms with van der Waals surface area (Å²) in [4.78, 5) is 20.8. The van der Waals surface area contributed by atoms with Gasteiger partial charge in [-0.3, -0.25) is 9.69 Å². The molecule has 24 heavy (non-hydrogen) atoms. The van der Waals surface area contributed by atoms with E-state index in [9.17, 15) is 9.18 Å². The van der Waals surface area contributed by atoms with Crippen LogP contribution in [0.3, 0.4) is 0 Å². The van der Waals surface area contributed by atoms with Gasteiger partial charge in [-0.1, -0.05) is 5.16 Å². The number of aromatic amines is 1. The highest BCUT2D eigenvalue weighted by molar-refractivity contribution is 5.94. The number of rotatable bonds is 5. The zero-order valence-corrected chi connectivity index (χ0v) is 13.1. The molecule has 9 heteroatoms. The summed E-state index contributed by atoms with van der Waals surface area (Å²) in [5.41, 5.74) is 0.695. The van der Waals surface area contributed by atoms with Gasteiger partial charge in [-0.05, 0) is 12.5 Å². The molecule has 1 fully saturated rings. The number of carbonyl (C=O) groups excluding carboxylic acids is 1. The predicted octanol–water partition coefficient (Wildman–Crippen LogP) is 0.920. The van der Waals surface area contributed by atoms with E-state index in [0.29, 0.717) is 42.5 Å². The lowest BCUT2D eigenvalue weighted by Gasteiger charge is -2.22. The summed E-state index contributed by atoms with van der Waals surface area (Å²) in [7, 11) is 0. The van der Waals surface area contributed by atoms with Gasteiger partial charge < -0.3 is 14.8 Å². The van der Waals surface area contributed by atoms with Gasteiger partial charge in [0.2, 0.25) is 5.89 Å². The second-order valence-corrected chi connectivity index (χ2v) is 5.77. The molecule has 8 nitrogen and oxygen atoms in total. The van der Waals surface area contributed by atoms with E-state index in [-0.39, 0.29) is 18.5 Å². The Balaban J connectivity index is 1.58. The Morgan fingerprint density at radius 1 is 1.67 bits per heavy atom. The number of alkyl halides is 1. The Morgan fingerprint density at radius 2 is 2.50 bits per heavy atom. The van der Waals surface area contributed by atoms with Crippen molar-refractivity contribution >= 4 is 5.91 Å². The van der Waals surface area contributed by atoms with E-state index < -0.39 is 6.17 Å².